The predicted octanol–water partition coefficient (Wildman–Crippen LogP) is 9.69. The average Bonchev–Trinajstić information content (AvgIpc) is 3.44. The Hall–Kier alpha value is -2.59. The van der Waals surface area contributed by atoms with Crippen LogP contribution in [0, 0.1) is 45.3 Å². The van der Waals surface area contributed by atoms with Crippen molar-refractivity contribution in [2.45, 2.75) is 104 Å². The van der Waals surface area contributed by atoms with Gasteiger partial charge in [-0.15, -0.1) is 0 Å². The van der Waals surface area contributed by atoms with Crippen molar-refractivity contribution in [3.8, 4) is 0 Å². The SMILES string of the molecule is CC1(C)C(c2ccc(C(=O)O)cc2)=CCC2(C)C1CCC1(C)C2CCC2C3CCCC3(NCCNc3ccccc3)CC[C@]21C. The van der Waals surface area contributed by atoms with E-state index in [9.17, 15) is 9.90 Å². The molecule has 0 saturated heterocycles. The third kappa shape index (κ3) is 4.67. The largest absolute Gasteiger partial charge is 0.478 e. The first-order valence-corrected chi connectivity index (χ1v) is 18.0. The molecule has 0 aromatic heterocycles. The van der Waals surface area contributed by atoms with Crippen LogP contribution in [0.25, 0.3) is 5.57 Å². The summed E-state index contributed by atoms with van der Waals surface area (Å²) < 4.78 is 0. The molecular weight excluding hydrogens is 552 g/mol. The highest BCUT2D eigenvalue weighted by Crippen LogP contribution is 2.76. The molecule has 45 heavy (non-hydrogen) atoms. The monoisotopic (exact) mass is 608 g/mol. The zero-order valence-electron chi connectivity index (χ0n) is 28.4. The minimum Gasteiger partial charge on any atom is -0.478 e. The van der Waals surface area contributed by atoms with Crippen LogP contribution < -0.4 is 10.6 Å². The van der Waals surface area contributed by atoms with E-state index in [1.54, 1.807) is 12.1 Å². The van der Waals surface area contributed by atoms with Crippen LogP contribution >= 0.6 is 0 Å². The van der Waals surface area contributed by atoms with E-state index < -0.39 is 5.97 Å². The molecule has 4 heteroatoms. The van der Waals surface area contributed by atoms with Crippen molar-refractivity contribution >= 4 is 17.2 Å². The molecule has 2 aromatic carbocycles. The molecule has 5 aliphatic rings. The van der Waals surface area contributed by atoms with Gasteiger partial charge in [0.15, 0.2) is 0 Å². The molecular formula is C41H56N2O2. The van der Waals surface area contributed by atoms with E-state index in [-0.39, 0.29) is 5.41 Å². The zero-order valence-corrected chi connectivity index (χ0v) is 28.4. The van der Waals surface area contributed by atoms with E-state index in [4.69, 9.17) is 0 Å². The molecule has 242 valence electrons. The molecule has 0 amide bonds. The number of hydrogen-bond acceptors (Lipinski definition) is 3. The number of nitrogens with one attached hydrogen (secondary N) is 2. The maximum Gasteiger partial charge on any atom is 0.335 e. The van der Waals surface area contributed by atoms with Gasteiger partial charge >= 0.3 is 5.97 Å². The summed E-state index contributed by atoms with van der Waals surface area (Å²) in [6.45, 7) is 15.1. The van der Waals surface area contributed by atoms with Crippen molar-refractivity contribution in [2.24, 2.45) is 45.3 Å². The van der Waals surface area contributed by atoms with Gasteiger partial charge in [-0.25, -0.2) is 4.79 Å². The summed E-state index contributed by atoms with van der Waals surface area (Å²) in [6.07, 6.45) is 15.9. The Balaban J connectivity index is 1.11. The van der Waals surface area contributed by atoms with Gasteiger partial charge in [0.1, 0.15) is 0 Å². The van der Waals surface area contributed by atoms with Crippen molar-refractivity contribution in [3.05, 3.63) is 71.8 Å². The average molecular weight is 609 g/mol. The molecule has 0 heterocycles. The number of rotatable bonds is 7. The summed E-state index contributed by atoms with van der Waals surface area (Å²) in [5.74, 6) is 2.15. The molecule has 7 rings (SSSR count). The molecule has 4 fully saturated rings. The standard InChI is InChI=1S/C41H56N2O2/c1-37(2)31(28-13-15-29(16-14-28)36(44)45)19-22-38(3)34(37)20-23-40(5)35(38)18-17-32-33-12-9-21-41(33,25-24-39(32,40)4)43-27-26-42-30-10-7-6-8-11-30/h6-8,10-11,13-16,19,32-35,42-43H,9,12,17-18,20-27H2,1-5H3,(H,44,45)/t32?,33?,34?,35?,38?,39-,40?,41?/m1/s1. The number of para-hydroxylation sites is 1. The van der Waals surface area contributed by atoms with Gasteiger partial charge in [-0.05, 0) is 139 Å². The highest BCUT2D eigenvalue weighted by molar-refractivity contribution is 5.88. The molecule has 4 saturated carbocycles. The molecule has 7 unspecified atom stereocenters. The fraction of sp³-hybridized carbons (Fsp3) is 0.634. The van der Waals surface area contributed by atoms with E-state index in [1.165, 1.54) is 74.6 Å². The van der Waals surface area contributed by atoms with Crippen molar-refractivity contribution in [2.75, 3.05) is 18.4 Å². The van der Waals surface area contributed by atoms with Crippen LogP contribution in [0.2, 0.25) is 0 Å². The van der Waals surface area contributed by atoms with Gasteiger partial charge in [-0.3, -0.25) is 0 Å². The smallest absolute Gasteiger partial charge is 0.335 e. The second-order valence-corrected chi connectivity index (χ2v) is 17.0. The first-order chi connectivity index (χ1) is 21.4. The van der Waals surface area contributed by atoms with E-state index in [0.717, 1.165) is 37.3 Å². The quantitative estimate of drug-likeness (QED) is 0.274. The molecule has 0 radical (unpaired) electrons. The summed E-state index contributed by atoms with van der Waals surface area (Å²) in [5.41, 5.74) is 5.65. The van der Waals surface area contributed by atoms with E-state index in [1.807, 2.05) is 12.1 Å². The second kappa shape index (κ2) is 11.0. The Morgan fingerprint density at radius 1 is 0.778 bits per heavy atom. The van der Waals surface area contributed by atoms with Gasteiger partial charge in [0, 0.05) is 24.3 Å². The number of fused-ring (bicyclic) bond motifs is 7. The highest BCUT2D eigenvalue weighted by Gasteiger charge is 2.69. The van der Waals surface area contributed by atoms with Crippen molar-refractivity contribution in [1.29, 1.82) is 0 Å². The molecule has 3 N–H and O–H groups in total. The fourth-order valence-electron chi connectivity index (χ4n) is 12.8. The third-order valence-corrected chi connectivity index (χ3v) is 15.1. The predicted molar refractivity (Wildman–Crippen MR) is 185 cm³/mol. The Morgan fingerprint density at radius 3 is 2.27 bits per heavy atom. The first kappa shape index (κ1) is 31.0. The summed E-state index contributed by atoms with van der Waals surface area (Å²) in [7, 11) is 0. The second-order valence-electron chi connectivity index (χ2n) is 17.0. The number of carboxylic acid groups (broad SMARTS) is 1. The molecule has 0 spiro atoms. The molecule has 2 aromatic rings. The van der Waals surface area contributed by atoms with Gasteiger partial charge in [0.25, 0.3) is 0 Å². The van der Waals surface area contributed by atoms with Crippen molar-refractivity contribution < 1.29 is 9.90 Å². The van der Waals surface area contributed by atoms with Crippen LogP contribution in [0.3, 0.4) is 0 Å². The van der Waals surface area contributed by atoms with Crippen LogP contribution in [0.15, 0.2) is 60.7 Å². The van der Waals surface area contributed by atoms with E-state index >= 15 is 0 Å². The molecule has 8 atom stereocenters. The van der Waals surface area contributed by atoms with Crippen LogP contribution in [0.5, 0.6) is 0 Å². The van der Waals surface area contributed by atoms with E-state index in [0.29, 0.717) is 33.3 Å². The summed E-state index contributed by atoms with van der Waals surface area (Å²) >= 11 is 0. The lowest BCUT2D eigenvalue weighted by molar-refractivity contribution is -0.216. The van der Waals surface area contributed by atoms with Crippen molar-refractivity contribution in [1.82, 2.24) is 5.32 Å². The minimum atomic E-state index is -0.852. The van der Waals surface area contributed by atoms with Gasteiger partial charge in [-0.2, -0.15) is 0 Å². The molecule has 4 nitrogen and oxygen atoms in total. The van der Waals surface area contributed by atoms with Gasteiger partial charge in [-0.1, -0.05) is 77.4 Å². The van der Waals surface area contributed by atoms with Gasteiger partial charge in [0.2, 0.25) is 0 Å². The summed E-state index contributed by atoms with van der Waals surface area (Å²) in [4.78, 5) is 11.5. The summed E-state index contributed by atoms with van der Waals surface area (Å²) in [6, 6.07) is 18.3. The lowest BCUT2D eigenvalue weighted by Crippen LogP contribution is -2.67. The maximum atomic E-state index is 11.5. The zero-order chi connectivity index (χ0) is 31.7. The molecule has 5 aliphatic carbocycles. The van der Waals surface area contributed by atoms with Crippen LogP contribution in [0.4, 0.5) is 5.69 Å². The Kier molecular flexibility index (Phi) is 7.58. The normalized spacial score (nSPS) is 39.9. The fourth-order valence-corrected chi connectivity index (χ4v) is 12.8. The van der Waals surface area contributed by atoms with Crippen LogP contribution in [-0.4, -0.2) is 29.7 Å². The molecule has 0 aliphatic heterocycles. The third-order valence-electron chi connectivity index (χ3n) is 15.1. The maximum absolute atomic E-state index is 11.5. The Bertz CT molecular complexity index is 1450. The van der Waals surface area contributed by atoms with Crippen molar-refractivity contribution in [3.63, 3.8) is 0 Å². The number of carboxylic acids is 1. The lowest BCUT2D eigenvalue weighted by atomic mass is 9.33. The summed E-state index contributed by atoms with van der Waals surface area (Å²) in [5, 5.41) is 17.3. The number of hydrogen-bond donors (Lipinski definition) is 3. The minimum absolute atomic E-state index is 0.0572. The number of aromatic carboxylic acids is 1. The number of allylic oxidation sites excluding steroid dienone is 2. The number of anilines is 1. The number of carbonyl (C=O) groups is 1. The molecule has 0 bridgehead atoms. The van der Waals surface area contributed by atoms with Crippen LogP contribution in [0.1, 0.15) is 115 Å². The Morgan fingerprint density at radius 2 is 1.53 bits per heavy atom. The van der Waals surface area contributed by atoms with Crippen LogP contribution in [-0.2, 0) is 0 Å². The highest BCUT2D eigenvalue weighted by atomic mass is 16.4. The van der Waals surface area contributed by atoms with E-state index in [2.05, 4.69) is 81.7 Å². The van der Waals surface area contributed by atoms with Gasteiger partial charge < -0.3 is 15.7 Å². The first-order valence-electron chi connectivity index (χ1n) is 18.0. The van der Waals surface area contributed by atoms with Gasteiger partial charge in [0.05, 0.1) is 5.56 Å². The topological polar surface area (TPSA) is 61.4 Å². The number of benzene rings is 2. The lowest BCUT2D eigenvalue weighted by Gasteiger charge is -2.72. The Labute approximate surface area is 271 Å².